The van der Waals surface area contributed by atoms with Crippen molar-refractivity contribution >= 4 is 19.7 Å². The van der Waals surface area contributed by atoms with Crippen molar-refractivity contribution in [2.75, 3.05) is 26.4 Å². The molecule has 0 fully saturated rings. The van der Waals surface area contributed by atoms with Crippen molar-refractivity contribution in [3.63, 3.8) is 0 Å². The third-order valence-electron chi connectivity index (χ3n) is 9.08. The summed E-state index contributed by atoms with van der Waals surface area (Å²) in [4.78, 5) is 33.8. The Morgan fingerprint density at radius 3 is 1.52 bits per heavy atom. The highest BCUT2D eigenvalue weighted by Crippen LogP contribution is 2.42. The Balaban J connectivity index is 3.55. The zero-order chi connectivity index (χ0) is 38.2. The van der Waals surface area contributed by atoms with Crippen LogP contribution in [0.3, 0.4) is 0 Å². The summed E-state index contributed by atoms with van der Waals surface area (Å²) in [7, 11) is -4.41. The van der Waals surface area contributed by atoms with Crippen molar-refractivity contribution in [1.29, 1.82) is 0 Å². The molecule has 0 spiro atoms. The summed E-state index contributed by atoms with van der Waals surface area (Å²) in [5.41, 5.74) is 0. The summed E-state index contributed by atoms with van der Waals surface area (Å²) in [6.45, 7) is 3.48. The first kappa shape index (κ1) is 50.5. The number of hydrogen-bond acceptors (Lipinski definition) is 7. The van der Waals surface area contributed by atoms with Crippen molar-refractivity contribution in [3.8, 4) is 0 Å². The first-order valence-electron chi connectivity index (χ1n) is 21.3. The van der Waals surface area contributed by atoms with Crippen LogP contribution in [-0.2, 0) is 27.9 Å². The maximum Gasteiger partial charge on any atom is 0.472 e. The highest BCUT2D eigenvalue weighted by molar-refractivity contribution is 7.47. The Labute approximate surface area is 319 Å². The lowest BCUT2D eigenvalue weighted by molar-refractivity contribution is -0.147. The predicted octanol–water partition coefficient (Wildman–Crippen LogP) is 11.6. The van der Waals surface area contributed by atoms with E-state index in [0.29, 0.717) is 6.42 Å². The maximum absolute atomic E-state index is 12.1. The number of hydrogen-bond donors (Lipinski definition) is 3. The van der Waals surface area contributed by atoms with E-state index < -0.39 is 26.5 Å². The van der Waals surface area contributed by atoms with Crippen molar-refractivity contribution in [3.05, 3.63) is 24.3 Å². The van der Waals surface area contributed by atoms with Crippen LogP contribution in [-0.4, -0.2) is 54.3 Å². The van der Waals surface area contributed by atoms with E-state index in [2.05, 4.69) is 43.5 Å². The van der Waals surface area contributed by atoms with Gasteiger partial charge in [-0.2, -0.15) is 0 Å². The fraction of sp³-hybridized carbons (Fsp3) is 0.857. The largest absolute Gasteiger partial charge is 0.472 e. The van der Waals surface area contributed by atoms with Gasteiger partial charge < -0.3 is 20.1 Å². The molecular formula is C42H80NO8P. The maximum atomic E-state index is 12.1. The van der Waals surface area contributed by atoms with Gasteiger partial charge in [-0.05, 0) is 57.8 Å². The second-order valence-corrected chi connectivity index (χ2v) is 15.8. The molecule has 2 atom stereocenters. The summed E-state index contributed by atoms with van der Waals surface area (Å²) in [5, 5.41) is 12.6. The number of ether oxygens (including phenoxy) is 1. The molecule has 9 nitrogen and oxygen atoms in total. The van der Waals surface area contributed by atoms with Crippen molar-refractivity contribution in [2.24, 2.45) is 0 Å². The molecule has 0 aromatic heterocycles. The summed E-state index contributed by atoms with van der Waals surface area (Å²) in [5.74, 6) is -0.525. The van der Waals surface area contributed by atoms with Gasteiger partial charge in [-0.3, -0.25) is 18.6 Å². The van der Waals surface area contributed by atoms with Crippen LogP contribution in [0.1, 0.15) is 200 Å². The number of phosphoric acid groups is 1. The number of unbranched alkanes of at least 4 members (excludes halogenated alkanes) is 23. The Kier molecular flexibility index (Phi) is 38.1. The highest BCUT2D eigenvalue weighted by atomic mass is 31.2. The lowest BCUT2D eigenvalue weighted by Gasteiger charge is -2.15. The molecule has 0 radical (unpaired) electrons. The fourth-order valence-corrected chi connectivity index (χ4v) is 6.60. The molecule has 0 heterocycles. The monoisotopic (exact) mass is 758 g/mol. The van der Waals surface area contributed by atoms with Gasteiger partial charge in [-0.15, -0.1) is 0 Å². The number of aliphatic hydroxyl groups is 1. The summed E-state index contributed by atoms with van der Waals surface area (Å²) in [6.07, 6.45) is 41.2. The van der Waals surface area contributed by atoms with Crippen LogP contribution in [0.15, 0.2) is 24.3 Å². The number of nitrogens with one attached hydrogen (secondary N) is 1. The number of phosphoric ester groups is 1. The van der Waals surface area contributed by atoms with E-state index in [9.17, 15) is 24.2 Å². The molecule has 0 aromatic carbocycles. The molecule has 306 valence electrons. The van der Waals surface area contributed by atoms with Gasteiger partial charge in [0.1, 0.15) is 12.7 Å². The average Bonchev–Trinajstić information content (AvgIpc) is 3.13. The normalized spacial score (nSPS) is 13.5. The molecule has 0 aliphatic rings. The summed E-state index contributed by atoms with van der Waals surface area (Å²) >= 11 is 0. The zero-order valence-corrected chi connectivity index (χ0v) is 34.4. The van der Waals surface area contributed by atoms with Crippen LogP contribution in [0.4, 0.5) is 0 Å². The van der Waals surface area contributed by atoms with Gasteiger partial charge in [-0.1, -0.05) is 154 Å². The van der Waals surface area contributed by atoms with Crippen LogP contribution < -0.4 is 5.32 Å². The van der Waals surface area contributed by atoms with E-state index in [1.807, 2.05) is 0 Å². The van der Waals surface area contributed by atoms with Gasteiger partial charge in [0.2, 0.25) is 5.91 Å². The molecule has 0 rings (SSSR count). The smallest absolute Gasteiger partial charge is 0.463 e. The minimum Gasteiger partial charge on any atom is -0.463 e. The molecule has 0 aliphatic heterocycles. The third kappa shape index (κ3) is 39.7. The van der Waals surface area contributed by atoms with Gasteiger partial charge in [-0.25, -0.2) is 4.57 Å². The van der Waals surface area contributed by atoms with Gasteiger partial charge in [0.05, 0.1) is 13.2 Å². The quantitative estimate of drug-likeness (QED) is 0.0244. The van der Waals surface area contributed by atoms with E-state index >= 15 is 0 Å². The first-order chi connectivity index (χ1) is 25.3. The molecule has 0 saturated carbocycles. The van der Waals surface area contributed by atoms with Crippen LogP contribution in [0.5, 0.6) is 0 Å². The minimum absolute atomic E-state index is 0.0822. The second kappa shape index (κ2) is 39.2. The molecule has 0 aromatic rings. The number of amides is 1. The van der Waals surface area contributed by atoms with Gasteiger partial charge in [0.15, 0.2) is 0 Å². The second-order valence-electron chi connectivity index (χ2n) is 14.3. The fourth-order valence-electron chi connectivity index (χ4n) is 5.85. The van der Waals surface area contributed by atoms with Crippen molar-refractivity contribution in [2.45, 2.75) is 206 Å². The van der Waals surface area contributed by atoms with E-state index in [-0.39, 0.29) is 32.1 Å². The Morgan fingerprint density at radius 2 is 1.02 bits per heavy atom. The van der Waals surface area contributed by atoms with Gasteiger partial charge in [0, 0.05) is 19.4 Å². The first-order valence-corrected chi connectivity index (χ1v) is 22.8. The van der Waals surface area contributed by atoms with Crippen LogP contribution in [0, 0.1) is 0 Å². The van der Waals surface area contributed by atoms with Crippen LogP contribution >= 0.6 is 7.82 Å². The van der Waals surface area contributed by atoms with E-state index in [1.165, 1.54) is 109 Å². The van der Waals surface area contributed by atoms with Gasteiger partial charge >= 0.3 is 13.8 Å². The number of allylic oxidation sites excluding steroid dienone is 4. The zero-order valence-electron chi connectivity index (χ0n) is 33.5. The number of esters is 1. The van der Waals surface area contributed by atoms with Crippen molar-refractivity contribution in [1.82, 2.24) is 5.32 Å². The molecule has 2 unspecified atom stereocenters. The van der Waals surface area contributed by atoms with Crippen molar-refractivity contribution < 1.29 is 37.9 Å². The Hall–Kier alpha value is -1.51. The van der Waals surface area contributed by atoms with E-state index in [0.717, 1.165) is 64.2 Å². The summed E-state index contributed by atoms with van der Waals surface area (Å²) in [6, 6.07) is 0. The SMILES string of the molecule is CCC/C=C\CCCCCCCC(=O)OCC(O)COP(=O)(O)OCCNC(=O)CCCCCCCCCCCCC/C=C/CCCCCCCC. The topological polar surface area (TPSA) is 131 Å². The Morgan fingerprint density at radius 1 is 0.577 bits per heavy atom. The van der Waals surface area contributed by atoms with E-state index in [4.69, 9.17) is 13.8 Å². The third-order valence-corrected chi connectivity index (χ3v) is 10.1. The van der Waals surface area contributed by atoms with Crippen LogP contribution in [0.25, 0.3) is 0 Å². The lowest BCUT2D eigenvalue weighted by atomic mass is 10.0. The average molecular weight is 758 g/mol. The molecule has 52 heavy (non-hydrogen) atoms. The minimum atomic E-state index is -4.41. The molecule has 1 amide bonds. The number of aliphatic hydroxyl groups excluding tert-OH is 1. The molecule has 0 aliphatic carbocycles. The number of rotatable bonds is 40. The molecule has 10 heteroatoms. The molecule has 3 N–H and O–H groups in total. The number of carbonyl (C=O) groups is 2. The predicted molar refractivity (Wildman–Crippen MR) is 215 cm³/mol. The molecule has 0 bridgehead atoms. The Bertz CT molecular complexity index is 912. The summed E-state index contributed by atoms with van der Waals surface area (Å²) < 4.78 is 26.8. The van der Waals surface area contributed by atoms with Crippen LogP contribution in [0.2, 0.25) is 0 Å². The number of carbonyl (C=O) groups excluding carboxylic acids is 2. The molecular weight excluding hydrogens is 677 g/mol. The van der Waals surface area contributed by atoms with E-state index in [1.54, 1.807) is 0 Å². The molecule has 0 saturated heterocycles. The van der Waals surface area contributed by atoms with Gasteiger partial charge in [0.25, 0.3) is 0 Å². The lowest BCUT2D eigenvalue weighted by Crippen LogP contribution is -2.27. The standard InChI is InChI=1S/C42H80NO8P/c1-3-5-7-9-11-13-15-16-17-18-19-20-21-22-23-24-25-26-28-30-32-34-41(45)43-36-37-50-52(47,48)51-39-40(44)38-49-42(46)35-33-31-29-27-14-12-10-8-6-4-2/h8,10,16-17,40,44H,3-7,9,11-15,18-39H2,1-2H3,(H,43,45)(H,47,48)/b10-8-,17-16+. The highest BCUT2D eigenvalue weighted by Gasteiger charge is 2.23.